The Balaban J connectivity index is 1.65. The standard InChI is InChI=1S/C22H25N3O4/c1-28-19-9-8-16(14-20(19)29-13-12-24-10-4-5-11-24)22-23-17-6-2-3-7-18(17)25(22)15-21(26)27/h2-3,6-9,14H,4-5,10-13,15H2,1H3,(H,26,27). The first-order valence-corrected chi connectivity index (χ1v) is 9.86. The molecule has 1 saturated heterocycles. The minimum Gasteiger partial charge on any atom is -0.493 e. The van der Waals surface area contributed by atoms with Crippen LogP contribution in [0.2, 0.25) is 0 Å². The number of benzene rings is 2. The van der Waals surface area contributed by atoms with Crippen LogP contribution in [0.4, 0.5) is 0 Å². The highest BCUT2D eigenvalue weighted by Gasteiger charge is 2.17. The second-order valence-corrected chi connectivity index (χ2v) is 7.17. The molecule has 0 unspecified atom stereocenters. The normalized spacial score (nSPS) is 14.4. The molecule has 2 heterocycles. The van der Waals surface area contributed by atoms with Gasteiger partial charge in [0.25, 0.3) is 0 Å². The van der Waals surface area contributed by atoms with Crippen molar-refractivity contribution in [2.45, 2.75) is 19.4 Å². The van der Waals surface area contributed by atoms with E-state index in [9.17, 15) is 9.90 Å². The van der Waals surface area contributed by atoms with E-state index in [1.54, 1.807) is 11.7 Å². The molecule has 0 atom stereocenters. The molecule has 0 amide bonds. The summed E-state index contributed by atoms with van der Waals surface area (Å²) >= 11 is 0. The van der Waals surface area contributed by atoms with E-state index in [4.69, 9.17) is 9.47 Å². The van der Waals surface area contributed by atoms with Crippen LogP contribution in [0.15, 0.2) is 42.5 Å². The lowest BCUT2D eigenvalue weighted by molar-refractivity contribution is -0.137. The Morgan fingerprint density at radius 2 is 1.93 bits per heavy atom. The van der Waals surface area contributed by atoms with E-state index in [1.165, 1.54) is 12.8 Å². The number of para-hydroxylation sites is 2. The van der Waals surface area contributed by atoms with Gasteiger partial charge in [-0.3, -0.25) is 9.69 Å². The zero-order valence-electron chi connectivity index (χ0n) is 16.5. The highest BCUT2D eigenvalue weighted by Crippen LogP contribution is 2.33. The molecule has 0 spiro atoms. The molecule has 0 saturated carbocycles. The smallest absolute Gasteiger partial charge is 0.323 e. The predicted octanol–water partition coefficient (Wildman–Crippen LogP) is 3.27. The molecular weight excluding hydrogens is 370 g/mol. The van der Waals surface area contributed by atoms with Gasteiger partial charge in [-0.05, 0) is 56.3 Å². The third kappa shape index (κ3) is 4.19. The molecule has 29 heavy (non-hydrogen) atoms. The third-order valence-electron chi connectivity index (χ3n) is 5.23. The van der Waals surface area contributed by atoms with Gasteiger partial charge in [0.1, 0.15) is 19.0 Å². The quantitative estimate of drug-likeness (QED) is 0.631. The van der Waals surface area contributed by atoms with Gasteiger partial charge in [0.2, 0.25) is 0 Å². The van der Waals surface area contributed by atoms with Crippen LogP contribution in [-0.4, -0.2) is 58.9 Å². The minimum atomic E-state index is -0.912. The summed E-state index contributed by atoms with van der Waals surface area (Å²) in [6.07, 6.45) is 2.50. The van der Waals surface area contributed by atoms with Gasteiger partial charge >= 0.3 is 5.97 Å². The Bertz CT molecular complexity index is 1010. The molecule has 1 N–H and O–H groups in total. The molecule has 7 nitrogen and oxygen atoms in total. The highest BCUT2D eigenvalue weighted by molar-refractivity contribution is 5.83. The number of aromatic nitrogens is 2. The van der Waals surface area contributed by atoms with Crippen LogP contribution >= 0.6 is 0 Å². The van der Waals surface area contributed by atoms with Crippen LogP contribution in [0.25, 0.3) is 22.4 Å². The number of imidazole rings is 1. The molecule has 1 aliphatic rings. The zero-order chi connectivity index (χ0) is 20.2. The fourth-order valence-electron chi connectivity index (χ4n) is 3.81. The fraction of sp³-hybridized carbons (Fsp3) is 0.364. The number of fused-ring (bicyclic) bond motifs is 1. The Hall–Kier alpha value is -3.06. The van der Waals surface area contributed by atoms with Crippen molar-refractivity contribution in [3.05, 3.63) is 42.5 Å². The fourth-order valence-corrected chi connectivity index (χ4v) is 3.81. The first-order valence-electron chi connectivity index (χ1n) is 9.86. The highest BCUT2D eigenvalue weighted by atomic mass is 16.5. The number of ether oxygens (including phenoxy) is 2. The summed E-state index contributed by atoms with van der Waals surface area (Å²) in [5.41, 5.74) is 2.34. The van der Waals surface area contributed by atoms with Crippen molar-refractivity contribution in [1.29, 1.82) is 0 Å². The lowest BCUT2D eigenvalue weighted by Crippen LogP contribution is -2.25. The number of carboxylic acids is 1. The SMILES string of the molecule is COc1ccc(-c2nc3ccccc3n2CC(=O)O)cc1OCCN1CCCC1. The lowest BCUT2D eigenvalue weighted by atomic mass is 10.2. The van der Waals surface area contributed by atoms with E-state index in [0.29, 0.717) is 23.9 Å². The van der Waals surface area contributed by atoms with Crippen molar-refractivity contribution in [3.8, 4) is 22.9 Å². The number of nitrogens with zero attached hydrogens (tertiary/aromatic N) is 3. The summed E-state index contributed by atoms with van der Waals surface area (Å²) in [5.74, 6) is 0.972. The summed E-state index contributed by atoms with van der Waals surface area (Å²) in [6, 6.07) is 13.1. The monoisotopic (exact) mass is 395 g/mol. The van der Waals surface area contributed by atoms with Gasteiger partial charge in [-0.25, -0.2) is 4.98 Å². The van der Waals surface area contributed by atoms with Crippen molar-refractivity contribution >= 4 is 17.0 Å². The Labute approximate surface area is 169 Å². The Kier molecular flexibility index (Phi) is 5.67. The third-order valence-corrected chi connectivity index (χ3v) is 5.23. The summed E-state index contributed by atoms with van der Waals surface area (Å²) in [4.78, 5) is 18.5. The Morgan fingerprint density at radius 3 is 2.69 bits per heavy atom. The average molecular weight is 395 g/mol. The van der Waals surface area contributed by atoms with E-state index >= 15 is 0 Å². The van der Waals surface area contributed by atoms with Gasteiger partial charge in [0.15, 0.2) is 11.5 Å². The number of aliphatic carboxylic acids is 1. The maximum absolute atomic E-state index is 11.4. The first kappa shape index (κ1) is 19.3. The molecule has 0 aliphatic carbocycles. The van der Waals surface area contributed by atoms with Crippen molar-refractivity contribution in [3.63, 3.8) is 0 Å². The number of carboxylic acid groups (broad SMARTS) is 1. The van der Waals surface area contributed by atoms with Crippen molar-refractivity contribution in [1.82, 2.24) is 14.5 Å². The van der Waals surface area contributed by atoms with Crippen LogP contribution in [0.3, 0.4) is 0 Å². The molecule has 1 aliphatic heterocycles. The lowest BCUT2D eigenvalue weighted by Gasteiger charge is -2.17. The Morgan fingerprint density at radius 1 is 1.14 bits per heavy atom. The summed E-state index contributed by atoms with van der Waals surface area (Å²) in [6.45, 7) is 3.54. The second kappa shape index (κ2) is 8.53. The maximum Gasteiger partial charge on any atom is 0.323 e. The second-order valence-electron chi connectivity index (χ2n) is 7.17. The largest absolute Gasteiger partial charge is 0.493 e. The van der Waals surface area contributed by atoms with Gasteiger partial charge in [0, 0.05) is 12.1 Å². The molecular formula is C22H25N3O4. The maximum atomic E-state index is 11.4. The number of carbonyl (C=O) groups is 1. The number of hydrogen-bond donors (Lipinski definition) is 1. The van der Waals surface area contributed by atoms with E-state index in [1.807, 2.05) is 42.5 Å². The molecule has 0 bridgehead atoms. The topological polar surface area (TPSA) is 76.8 Å². The zero-order valence-corrected chi connectivity index (χ0v) is 16.5. The molecule has 7 heteroatoms. The summed E-state index contributed by atoms with van der Waals surface area (Å²) in [5, 5.41) is 9.37. The van der Waals surface area contributed by atoms with Crippen LogP contribution in [0.5, 0.6) is 11.5 Å². The number of rotatable bonds is 8. The molecule has 2 aromatic carbocycles. The van der Waals surface area contributed by atoms with E-state index in [0.717, 1.165) is 36.2 Å². The molecule has 152 valence electrons. The minimum absolute atomic E-state index is 0.160. The number of likely N-dealkylation sites (tertiary alicyclic amines) is 1. The number of methoxy groups -OCH3 is 1. The molecule has 1 fully saturated rings. The molecule has 0 radical (unpaired) electrons. The summed E-state index contributed by atoms with van der Waals surface area (Å²) in [7, 11) is 1.61. The van der Waals surface area contributed by atoms with Crippen molar-refractivity contribution < 1.29 is 19.4 Å². The molecule has 1 aromatic heterocycles. The van der Waals surface area contributed by atoms with E-state index in [-0.39, 0.29) is 6.54 Å². The van der Waals surface area contributed by atoms with Crippen molar-refractivity contribution in [2.24, 2.45) is 0 Å². The number of hydrogen-bond acceptors (Lipinski definition) is 5. The van der Waals surface area contributed by atoms with Crippen molar-refractivity contribution in [2.75, 3.05) is 33.4 Å². The summed E-state index contributed by atoms with van der Waals surface area (Å²) < 4.78 is 13.2. The first-order chi connectivity index (χ1) is 14.2. The van der Waals surface area contributed by atoms with Gasteiger partial charge in [-0.2, -0.15) is 0 Å². The van der Waals surface area contributed by atoms with Gasteiger partial charge in [-0.15, -0.1) is 0 Å². The van der Waals surface area contributed by atoms with E-state index in [2.05, 4.69) is 9.88 Å². The molecule has 4 rings (SSSR count). The van der Waals surface area contributed by atoms with Gasteiger partial charge in [0.05, 0.1) is 18.1 Å². The van der Waals surface area contributed by atoms with Crippen LogP contribution in [-0.2, 0) is 11.3 Å². The molecule has 3 aromatic rings. The van der Waals surface area contributed by atoms with Gasteiger partial charge in [-0.1, -0.05) is 12.1 Å². The van der Waals surface area contributed by atoms with Gasteiger partial charge < -0.3 is 19.1 Å². The van der Waals surface area contributed by atoms with E-state index < -0.39 is 5.97 Å². The average Bonchev–Trinajstić information content (AvgIpc) is 3.36. The predicted molar refractivity (Wildman–Crippen MR) is 111 cm³/mol. The van der Waals surface area contributed by atoms with Crippen LogP contribution in [0.1, 0.15) is 12.8 Å². The van der Waals surface area contributed by atoms with Crippen LogP contribution in [0, 0.1) is 0 Å². The van der Waals surface area contributed by atoms with Crippen LogP contribution < -0.4 is 9.47 Å².